The number of nitrogens with zero attached hydrogens (tertiary/aromatic N) is 6. The first-order valence-electron chi connectivity index (χ1n) is 13.0. The molecule has 0 amide bonds. The second-order valence-corrected chi connectivity index (χ2v) is 9.79. The van der Waals surface area contributed by atoms with Crippen LogP contribution >= 0.6 is 0 Å². The Morgan fingerprint density at radius 1 is 0.333 bits per heavy atom. The number of benzene rings is 4. The molecule has 200 valence electrons. The van der Waals surface area contributed by atoms with E-state index in [0.29, 0.717) is 45.9 Å². The molecule has 2 N–H and O–H groups in total. The molecule has 9 rings (SSSR count). The van der Waals surface area contributed by atoms with E-state index in [0.717, 1.165) is 43.8 Å². The zero-order chi connectivity index (χ0) is 26.2. The maximum Gasteiger partial charge on any atom is 0.164 e. The number of halogens is 1. The Balaban J connectivity index is 0.00000144. The molecule has 0 radical (unpaired) electrons. The smallest absolute Gasteiger partial charge is 0.164 e. The molecular weight excluding hydrogens is 567 g/mol. The van der Waals surface area contributed by atoms with Crippen molar-refractivity contribution in [1.29, 1.82) is 0 Å². The van der Waals surface area contributed by atoms with Gasteiger partial charge in [0, 0.05) is 61.2 Å². The average Bonchev–Trinajstić information content (AvgIpc) is 3.73. The number of H-pyrrole nitrogens is 2. The molecule has 8 bridgehead atoms. The van der Waals surface area contributed by atoms with Crippen LogP contribution in [-0.2, 0) is 17.4 Å². The molecule has 2 aliphatic rings. The summed E-state index contributed by atoms with van der Waals surface area (Å²) in [6, 6.07) is 32.2. The van der Waals surface area contributed by atoms with Gasteiger partial charge in [0.1, 0.15) is 22.6 Å². The van der Waals surface area contributed by atoms with Crippen molar-refractivity contribution in [3.63, 3.8) is 0 Å². The van der Waals surface area contributed by atoms with Gasteiger partial charge in [0.25, 0.3) is 0 Å². The molecule has 42 heavy (non-hydrogen) atoms. The molecule has 4 aromatic carbocycles. The van der Waals surface area contributed by atoms with E-state index < -0.39 is 0 Å². The molecule has 7 aromatic rings. The molecule has 5 heterocycles. The summed E-state index contributed by atoms with van der Waals surface area (Å²) in [5.74, 6) is 2.39. The van der Waals surface area contributed by atoms with Crippen molar-refractivity contribution in [2.24, 2.45) is 0 Å². The van der Waals surface area contributed by atoms with E-state index in [9.17, 15) is 0 Å². The van der Waals surface area contributed by atoms with E-state index in [2.05, 4.69) is 9.97 Å². The van der Waals surface area contributed by atoms with Crippen LogP contribution in [0.5, 0.6) is 0 Å². The Labute approximate surface area is 248 Å². The van der Waals surface area contributed by atoms with Crippen LogP contribution in [0, 0.1) is 0 Å². The fraction of sp³-hybridized carbons (Fsp3) is 0. The Morgan fingerprint density at radius 3 is 0.833 bits per heavy atom. The summed E-state index contributed by atoms with van der Waals surface area (Å²) in [6.45, 7) is 0. The van der Waals surface area contributed by atoms with Gasteiger partial charge in [-0.1, -0.05) is 97.1 Å². The number of hydrogen-bond donors (Lipinski definition) is 2. The molecule has 0 atom stereocenters. The number of hydrogen-bond acceptors (Lipinski definition) is 6. The zero-order valence-corrected chi connectivity index (χ0v) is 23.0. The summed E-state index contributed by atoms with van der Waals surface area (Å²) in [5.41, 5.74) is 6.45. The predicted molar refractivity (Wildman–Crippen MR) is 159 cm³/mol. The second-order valence-electron chi connectivity index (χ2n) is 9.79. The summed E-state index contributed by atoms with van der Waals surface area (Å²) in [4.78, 5) is 36.8. The van der Waals surface area contributed by atoms with Gasteiger partial charge < -0.3 is 9.97 Å². The van der Waals surface area contributed by atoms with Crippen molar-refractivity contribution >= 4 is 44.1 Å². The van der Waals surface area contributed by atoms with Crippen LogP contribution in [0.2, 0.25) is 0 Å². The van der Waals surface area contributed by atoms with E-state index in [1.54, 1.807) is 0 Å². The molecule has 0 unspecified atom stereocenters. The van der Waals surface area contributed by atoms with E-state index in [1.165, 1.54) is 0 Å². The van der Waals surface area contributed by atoms with Gasteiger partial charge in [0.05, 0.1) is 0 Å². The summed E-state index contributed by atoms with van der Waals surface area (Å²) in [5, 5.41) is 3.82. The maximum atomic E-state index is 5.02. The minimum Gasteiger partial charge on any atom is -0.324 e. The van der Waals surface area contributed by atoms with Crippen molar-refractivity contribution in [2.45, 2.75) is 0 Å². The number of nitrogens with one attached hydrogen (secondary N) is 2. The largest absolute Gasteiger partial charge is 0.324 e. The van der Waals surface area contributed by atoms with Gasteiger partial charge in [-0.05, 0) is 0 Å². The van der Waals surface area contributed by atoms with Crippen LogP contribution in [0.15, 0.2) is 97.1 Å². The van der Waals surface area contributed by atoms with Crippen LogP contribution in [0.3, 0.4) is 0 Å². The minimum absolute atomic E-state index is 0. The normalized spacial score (nSPS) is 11.4. The molecule has 0 aliphatic carbocycles. The molecule has 2 aliphatic heterocycles. The molecule has 3 aromatic heterocycles. The number of aromatic amines is 2. The monoisotopic (exact) mass is 586 g/mol. The van der Waals surface area contributed by atoms with Gasteiger partial charge in [-0.15, -0.1) is 0 Å². The van der Waals surface area contributed by atoms with Crippen LogP contribution in [-0.4, -0.2) is 39.9 Å². The van der Waals surface area contributed by atoms with Gasteiger partial charge in [0.2, 0.25) is 0 Å². The first-order chi connectivity index (χ1) is 19.8. The summed E-state index contributed by atoms with van der Waals surface area (Å²) < 4.78 is 0. The third-order valence-electron chi connectivity index (χ3n) is 7.46. The van der Waals surface area contributed by atoms with Crippen LogP contribution in [0.25, 0.3) is 89.7 Å². The molecule has 0 spiro atoms. The maximum absolute atomic E-state index is 5.02. The topological polar surface area (TPSA) is 109 Å². The molecule has 0 saturated heterocycles. The first kappa shape index (κ1) is 25.7. The van der Waals surface area contributed by atoms with E-state index >= 15 is 0 Å². The Hall–Kier alpha value is -5.30. The first-order valence-corrected chi connectivity index (χ1v) is 13.0. The van der Waals surface area contributed by atoms with E-state index in [4.69, 9.17) is 29.9 Å². The summed E-state index contributed by atoms with van der Waals surface area (Å²) in [7, 11) is 0. The van der Waals surface area contributed by atoms with E-state index in [1.807, 2.05) is 97.1 Å². The SMILES string of the molecule is F.[Cr].c1ccc2c(c1)-c1nc-2nc2[nH]c(nc3nc(nc4[nH]c(n1)c1ccccc41)-c1ccccc1-3)c1ccccc21. The Morgan fingerprint density at radius 2 is 0.571 bits per heavy atom. The Kier molecular flexibility index (Phi) is 5.90. The van der Waals surface area contributed by atoms with Crippen molar-refractivity contribution in [2.75, 3.05) is 0 Å². The molecular formula is C32H19CrFN8. The molecule has 0 saturated carbocycles. The van der Waals surface area contributed by atoms with Gasteiger partial charge in [-0.2, -0.15) is 0 Å². The molecule has 10 heteroatoms. The summed E-state index contributed by atoms with van der Waals surface area (Å²) in [6.07, 6.45) is 0. The minimum atomic E-state index is 0. The average molecular weight is 587 g/mol. The van der Waals surface area contributed by atoms with Gasteiger partial charge >= 0.3 is 0 Å². The van der Waals surface area contributed by atoms with Gasteiger partial charge in [-0.25, -0.2) is 29.9 Å². The zero-order valence-electron chi connectivity index (χ0n) is 21.7. The van der Waals surface area contributed by atoms with Crippen molar-refractivity contribution in [3.8, 4) is 45.6 Å². The fourth-order valence-corrected chi connectivity index (χ4v) is 5.59. The number of rotatable bonds is 0. The quantitative estimate of drug-likeness (QED) is 0.198. The summed E-state index contributed by atoms with van der Waals surface area (Å²) >= 11 is 0. The van der Waals surface area contributed by atoms with Crippen LogP contribution in [0.1, 0.15) is 0 Å². The van der Waals surface area contributed by atoms with Crippen LogP contribution < -0.4 is 0 Å². The number of fused-ring (bicyclic) bond motifs is 20. The molecule has 0 fully saturated rings. The molecule has 8 nitrogen and oxygen atoms in total. The number of aromatic nitrogens is 8. The Bertz CT molecular complexity index is 2040. The van der Waals surface area contributed by atoms with Crippen molar-refractivity contribution < 1.29 is 22.1 Å². The van der Waals surface area contributed by atoms with Crippen molar-refractivity contribution in [3.05, 3.63) is 97.1 Å². The third-order valence-corrected chi connectivity index (χ3v) is 7.46. The van der Waals surface area contributed by atoms with Gasteiger partial charge in [0.15, 0.2) is 23.3 Å². The van der Waals surface area contributed by atoms with Gasteiger partial charge in [-0.3, -0.25) is 4.70 Å². The predicted octanol–water partition coefficient (Wildman–Crippen LogP) is 7.02. The fourth-order valence-electron chi connectivity index (χ4n) is 5.59. The standard InChI is InChI=1S/C32H18N8.Cr.FH/c1-2-10-18-17(9-1)25-33-26(18)38-28-21-13-5-6-14-22(21)30(35-28)40-32-24-16-8-7-15-23(24)31(36-32)39-29-20-12-4-3-11-19(20)27(34-29)37-25;;/h1-16H,(H2,33,34,35,36,37,38,39,40);;1H. The second kappa shape index (κ2) is 9.66. The van der Waals surface area contributed by atoms with Crippen LogP contribution in [0.4, 0.5) is 4.70 Å². The van der Waals surface area contributed by atoms with E-state index in [-0.39, 0.29) is 22.1 Å². The van der Waals surface area contributed by atoms with Crippen molar-refractivity contribution in [1.82, 2.24) is 39.9 Å². The third kappa shape index (κ3) is 3.74.